The maximum atomic E-state index is 12.8. The van der Waals surface area contributed by atoms with Crippen molar-refractivity contribution in [2.45, 2.75) is 32.6 Å². The minimum atomic E-state index is -0.372. The molecule has 0 unspecified atom stereocenters. The van der Waals surface area contributed by atoms with Crippen molar-refractivity contribution in [2.75, 3.05) is 19.6 Å². The van der Waals surface area contributed by atoms with Crippen molar-refractivity contribution in [1.82, 2.24) is 9.88 Å². The van der Waals surface area contributed by atoms with Crippen LogP contribution >= 0.6 is 12.4 Å². The SMILES string of the molecule is Cc1[nH]c(=O)c(C#N)c(C)c1CCC(=O)N1C[C@@H](CN)[C@H](c2ccccc2)C1.Cl. The molecule has 1 fully saturated rings. The molecule has 0 bridgehead atoms. The van der Waals surface area contributed by atoms with Crippen molar-refractivity contribution >= 4 is 18.3 Å². The first-order valence-electron chi connectivity index (χ1n) is 9.61. The molecule has 2 heterocycles. The highest BCUT2D eigenvalue weighted by Crippen LogP contribution is 2.32. The minimum absolute atomic E-state index is 0. The molecule has 154 valence electrons. The summed E-state index contributed by atoms with van der Waals surface area (Å²) >= 11 is 0. The van der Waals surface area contributed by atoms with E-state index in [1.54, 1.807) is 13.8 Å². The minimum Gasteiger partial charge on any atom is -0.342 e. The lowest BCUT2D eigenvalue weighted by molar-refractivity contribution is -0.130. The van der Waals surface area contributed by atoms with E-state index in [0.29, 0.717) is 38.0 Å². The smallest absolute Gasteiger partial charge is 0.266 e. The van der Waals surface area contributed by atoms with Crippen LogP contribution in [0.1, 0.15) is 40.3 Å². The molecule has 2 atom stereocenters. The van der Waals surface area contributed by atoms with E-state index in [1.807, 2.05) is 29.2 Å². The molecule has 1 aliphatic heterocycles. The van der Waals surface area contributed by atoms with Gasteiger partial charge in [-0.25, -0.2) is 0 Å². The van der Waals surface area contributed by atoms with Gasteiger partial charge in [-0.3, -0.25) is 9.59 Å². The summed E-state index contributed by atoms with van der Waals surface area (Å²) in [6, 6.07) is 12.2. The molecule has 0 aliphatic carbocycles. The number of likely N-dealkylation sites (tertiary alicyclic amines) is 1. The van der Waals surface area contributed by atoms with Gasteiger partial charge in [0, 0.05) is 31.1 Å². The van der Waals surface area contributed by atoms with E-state index in [4.69, 9.17) is 5.73 Å². The summed E-state index contributed by atoms with van der Waals surface area (Å²) in [6.45, 7) is 5.47. The van der Waals surface area contributed by atoms with Crippen molar-refractivity contribution in [3.8, 4) is 6.07 Å². The second-order valence-corrected chi connectivity index (χ2v) is 7.48. The highest BCUT2D eigenvalue weighted by Gasteiger charge is 2.35. The number of carbonyl (C=O) groups excluding carboxylic acids is 1. The van der Waals surface area contributed by atoms with Gasteiger partial charge in [0.05, 0.1) is 0 Å². The Hall–Kier alpha value is -2.62. The molecule has 1 aromatic heterocycles. The largest absolute Gasteiger partial charge is 0.342 e. The van der Waals surface area contributed by atoms with Crippen LogP contribution in [0, 0.1) is 31.1 Å². The van der Waals surface area contributed by atoms with Gasteiger partial charge in [0.2, 0.25) is 5.91 Å². The number of nitriles is 1. The molecule has 0 spiro atoms. The molecule has 7 heteroatoms. The first kappa shape index (κ1) is 22.7. The summed E-state index contributed by atoms with van der Waals surface area (Å²) in [5, 5.41) is 9.20. The van der Waals surface area contributed by atoms with Crippen LogP contribution in [0.5, 0.6) is 0 Å². The Labute approximate surface area is 177 Å². The number of pyridine rings is 1. The van der Waals surface area contributed by atoms with E-state index in [9.17, 15) is 14.9 Å². The molecule has 2 aromatic rings. The van der Waals surface area contributed by atoms with Crippen LogP contribution in [0.15, 0.2) is 35.1 Å². The van der Waals surface area contributed by atoms with E-state index >= 15 is 0 Å². The van der Waals surface area contributed by atoms with Gasteiger partial charge in [0.15, 0.2) is 0 Å². The maximum Gasteiger partial charge on any atom is 0.266 e. The van der Waals surface area contributed by atoms with Crippen LogP contribution < -0.4 is 11.3 Å². The zero-order valence-corrected chi connectivity index (χ0v) is 17.6. The maximum absolute atomic E-state index is 12.8. The summed E-state index contributed by atoms with van der Waals surface area (Å²) in [5.41, 5.74) is 9.21. The van der Waals surface area contributed by atoms with E-state index in [1.165, 1.54) is 5.56 Å². The van der Waals surface area contributed by atoms with Crippen LogP contribution in [0.25, 0.3) is 0 Å². The second kappa shape index (κ2) is 9.73. The Balaban J connectivity index is 0.00000300. The predicted octanol–water partition coefficient (Wildman–Crippen LogP) is 2.42. The molecule has 0 radical (unpaired) electrons. The monoisotopic (exact) mass is 414 g/mol. The highest BCUT2D eigenvalue weighted by molar-refractivity contribution is 5.85. The van der Waals surface area contributed by atoms with E-state index in [2.05, 4.69) is 17.1 Å². The number of aromatic amines is 1. The Kier molecular flexibility index (Phi) is 7.60. The fourth-order valence-corrected chi connectivity index (χ4v) is 4.20. The molecule has 0 saturated carbocycles. The number of aryl methyl sites for hydroxylation is 1. The summed E-state index contributed by atoms with van der Waals surface area (Å²) in [6.07, 6.45) is 0.846. The molecular formula is C22H27ClN4O2. The number of carbonyl (C=O) groups is 1. The Morgan fingerprint density at radius 3 is 2.59 bits per heavy atom. The van der Waals surface area contributed by atoms with Crippen molar-refractivity contribution in [1.29, 1.82) is 5.26 Å². The lowest BCUT2D eigenvalue weighted by atomic mass is 9.89. The number of H-pyrrole nitrogens is 1. The number of rotatable bonds is 5. The summed E-state index contributed by atoms with van der Waals surface area (Å²) in [7, 11) is 0. The van der Waals surface area contributed by atoms with Gasteiger partial charge in [0.1, 0.15) is 11.6 Å². The highest BCUT2D eigenvalue weighted by atomic mass is 35.5. The molecule has 1 amide bonds. The predicted molar refractivity (Wildman–Crippen MR) is 115 cm³/mol. The molecule has 6 nitrogen and oxygen atoms in total. The number of nitrogens with two attached hydrogens (primary N) is 1. The molecule has 3 N–H and O–H groups in total. The Morgan fingerprint density at radius 1 is 1.28 bits per heavy atom. The van der Waals surface area contributed by atoms with Gasteiger partial charge in [-0.2, -0.15) is 5.26 Å². The van der Waals surface area contributed by atoms with Crippen LogP contribution in [-0.4, -0.2) is 35.4 Å². The third kappa shape index (κ3) is 4.69. The number of amides is 1. The van der Waals surface area contributed by atoms with Gasteiger partial charge in [-0.15, -0.1) is 12.4 Å². The van der Waals surface area contributed by atoms with Crippen LogP contribution in [-0.2, 0) is 11.2 Å². The normalized spacial score (nSPS) is 18.2. The van der Waals surface area contributed by atoms with Gasteiger partial charge in [0.25, 0.3) is 5.56 Å². The van der Waals surface area contributed by atoms with Crippen LogP contribution in [0.4, 0.5) is 0 Å². The molecule has 1 saturated heterocycles. The zero-order valence-electron chi connectivity index (χ0n) is 16.8. The number of benzene rings is 1. The van der Waals surface area contributed by atoms with Crippen molar-refractivity contribution in [3.05, 3.63) is 68.6 Å². The van der Waals surface area contributed by atoms with Gasteiger partial charge >= 0.3 is 0 Å². The topological polar surface area (TPSA) is 103 Å². The average molecular weight is 415 g/mol. The third-order valence-corrected chi connectivity index (χ3v) is 5.83. The quantitative estimate of drug-likeness (QED) is 0.784. The van der Waals surface area contributed by atoms with Crippen LogP contribution in [0.3, 0.4) is 0 Å². The Morgan fingerprint density at radius 2 is 1.97 bits per heavy atom. The molecule has 3 rings (SSSR count). The van der Waals surface area contributed by atoms with Crippen molar-refractivity contribution in [3.63, 3.8) is 0 Å². The molecular weight excluding hydrogens is 388 g/mol. The third-order valence-electron chi connectivity index (χ3n) is 5.83. The van der Waals surface area contributed by atoms with E-state index in [0.717, 1.165) is 11.3 Å². The first-order valence-corrected chi connectivity index (χ1v) is 9.61. The summed E-state index contributed by atoms with van der Waals surface area (Å²) < 4.78 is 0. The summed E-state index contributed by atoms with van der Waals surface area (Å²) in [5.74, 6) is 0.602. The van der Waals surface area contributed by atoms with E-state index in [-0.39, 0.29) is 41.3 Å². The number of nitrogens with one attached hydrogen (secondary N) is 1. The van der Waals surface area contributed by atoms with Crippen molar-refractivity contribution < 1.29 is 4.79 Å². The van der Waals surface area contributed by atoms with Gasteiger partial charge < -0.3 is 15.6 Å². The van der Waals surface area contributed by atoms with E-state index < -0.39 is 0 Å². The standard InChI is InChI=1S/C22H26N4O2.ClH/c1-14-18(15(2)25-22(28)19(14)11-24)8-9-21(27)26-12-17(10-23)20(13-26)16-6-4-3-5-7-16;/h3-7,17,20H,8-10,12-13,23H2,1-2H3,(H,25,28);1H/t17-,20+;/m1./s1. The molecule has 29 heavy (non-hydrogen) atoms. The van der Waals surface area contributed by atoms with Gasteiger partial charge in [-0.1, -0.05) is 30.3 Å². The zero-order chi connectivity index (χ0) is 20.3. The number of aromatic nitrogens is 1. The first-order chi connectivity index (χ1) is 13.5. The second-order valence-electron chi connectivity index (χ2n) is 7.48. The number of hydrogen-bond donors (Lipinski definition) is 2. The van der Waals surface area contributed by atoms with Crippen LogP contribution in [0.2, 0.25) is 0 Å². The number of hydrogen-bond acceptors (Lipinski definition) is 4. The Bertz CT molecular complexity index is 965. The van der Waals surface area contributed by atoms with Crippen molar-refractivity contribution in [2.24, 2.45) is 11.7 Å². The molecule has 1 aromatic carbocycles. The average Bonchev–Trinajstić information content (AvgIpc) is 3.13. The number of halogens is 1. The number of nitrogens with zero attached hydrogens (tertiary/aromatic N) is 2. The lowest BCUT2D eigenvalue weighted by Gasteiger charge is -2.18. The molecule has 1 aliphatic rings. The fourth-order valence-electron chi connectivity index (χ4n) is 4.20. The summed E-state index contributed by atoms with van der Waals surface area (Å²) in [4.78, 5) is 29.3. The lowest BCUT2D eigenvalue weighted by Crippen LogP contribution is -2.30. The van der Waals surface area contributed by atoms with Gasteiger partial charge in [-0.05, 0) is 49.4 Å². The fraction of sp³-hybridized carbons (Fsp3) is 0.409.